The van der Waals surface area contributed by atoms with Gasteiger partial charge in [0.25, 0.3) is 10.1 Å². The third kappa shape index (κ3) is 3.84. The van der Waals surface area contributed by atoms with Crippen LogP contribution in [0.5, 0.6) is 0 Å². The van der Waals surface area contributed by atoms with E-state index in [1.165, 1.54) is 25.3 Å². The van der Waals surface area contributed by atoms with E-state index in [1.54, 1.807) is 18.2 Å². The summed E-state index contributed by atoms with van der Waals surface area (Å²) in [4.78, 5) is 11.5. The predicted molar refractivity (Wildman–Crippen MR) is 88.9 cm³/mol. The van der Waals surface area contributed by atoms with Crippen molar-refractivity contribution in [2.24, 2.45) is 0 Å². The second-order valence-corrected chi connectivity index (χ2v) is 7.04. The van der Waals surface area contributed by atoms with E-state index in [1.807, 2.05) is 12.1 Å². The van der Waals surface area contributed by atoms with E-state index in [0.29, 0.717) is 0 Å². The summed E-state index contributed by atoms with van der Waals surface area (Å²) in [6.07, 6.45) is 0. The van der Waals surface area contributed by atoms with Crippen LogP contribution in [0.1, 0.15) is 15.9 Å². The van der Waals surface area contributed by atoms with Gasteiger partial charge in [-0.25, -0.2) is 4.79 Å². The van der Waals surface area contributed by atoms with Crippen LogP contribution >= 0.6 is 22.6 Å². The molecule has 116 valence electrons. The van der Waals surface area contributed by atoms with Crippen LogP contribution < -0.4 is 0 Å². The zero-order chi connectivity index (χ0) is 16.2. The summed E-state index contributed by atoms with van der Waals surface area (Å²) in [6, 6.07) is 13.1. The first kappa shape index (κ1) is 16.9. The van der Waals surface area contributed by atoms with E-state index in [2.05, 4.69) is 27.3 Å². The topological polar surface area (TPSA) is 69.7 Å². The molecule has 7 heteroatoms. The Morgan fingerprint density at radius 1 is 1.09 bits per heavy atom. The van der Waals surface area contributed by atoms with Crippen LogP contribution in [0.3, 0.4) is 0 Å². The molecular formula is C15H13IO5S. The molecule has 0 unspecified atom stereocenters. The van der Waals surface area contributed by atoms with Crippen molar-refractivity contribution < 1.29 is 22.1 Å². The third-order valence-electron chi connectivity index (χ3n) is 2.89. The first-order valence-electron chi connectivity index (χ1n) is 6.26. The van der Waals surface area contributed by atoms with Crippen LogP contribution in [0, 0.1) is 3.57 Å². The van der Waals surface area contributed by atoms with E-state index >= 15 is 0 Å². The Labute approximate surface area is 142 Å². The summed E-state index contributed by atoms with van der Waals surface area (Å²) in [7, 11) is -2.87. The fourth-order valence-electron chi connectivity index (χ4n) is 1.78. The largest absolute Gasteiger partial charge is 0.465 e. The minimum absolute atomic E-state index is 0.0484. The van der Waals surface area contributed by atoms with Gasteiger partial charge in [0.2, 0.25) is 0 Å². The molecule has 0 aromatic heterocycles. The van der Waals surface area contributed by atoms with Crippen molar-refractivity contribution in [2.45, 2.75) is 11.5 Å². The lowest BCUT2D eigenvalue weighted by Gasteiger charge is -2.10. The summed E-state index contributed by atoms with van der Waals surface area (Å²) in [6.45, 7) is -0.100. The van der Waals surface area contributed by atoms with Gasteiger partial charge in [-0.05, 0) is 46.4 Å². The molecule has 0 amide bonds. The van der Waals surface area contributed by atoms with Crippen molar-refractivity contribution in [1.29, 1.82) is 0 Å². The maximum Gasteiger partial charge on any atom is 0.339 e. The van der Waals surface area contributed by atoms with Gasteiger partial charge in [0.1, 0.15) is 4.90 Å². The summed E-state index contributed by atoms with van der Waals surface area (Å²) in [5.74, 6) is -0.725. The quantitative estimate of drug-likeness (QED) is 0.413. The zero-order valence-corrected chi connectivity index (χ0v) is 14.6. The maximum atomic E-state index is 12.3. The van der Waals surface area contributed by atoms with Gasteiger partial charge >= 0.3 is 5.97 Å². The SMILES string of the molecule is COC(=O)c1ccccc1S(=O)(=O)OCc1ccccc1I. The number of benzene rings is 2. The average molecular weight is 432 g/mol. The number of hydrogen-bond acceptors (Lipinski definition) is 5. The predicted octanol–water partition coefficient (Wildman–Crippen LogP) is 2.98. The van der Waals surface area contributed by atoms with Gasteiger partial charge in [-0.2, -0.15) is 8.42 Å². The molecule has 0 aliphatic rings. The van der Waals surface area contributed by atoms with Gasteiger partial charge in [0.05, 0.1) is 19.3 Å². The molecule has 5 nitrogen and oxygen atoms in total. The minimum Gasteiger partial charge on any atom is -0.465 e. The van der Waals surface area contributed by atoms with E-state index in [4.69, 9.17) is 4.18 Å². The first-order valence-corrected chi connectivity index (χ1v) is 8.74. The number of esters is 1. The highest BCUT2D eigenvalue weighted by Crippen LogP contribution is 2.21. The van der Waals surface area contributed by atoms with Crippen molar-refractivity contribution in [2.75, 3.05) is 7.11 Å². The van der Waals surface area contributed by atoms with Gasteiger partial charge in [-0.15, -0.1) is 0 Å². The summed E-state index contributed by atoms with van der Waals surface area (Å²) >= 11 is 2.10. The molecule has 2 aromatic carbocycles. The highest BCUT2D eigenvalue weighted by atomic mass is 127. The summed E-state index contributed by atoms with van der Waals surface area (Å²) in [5, 5.41) is 0. The number of ether oxygens (including phenoxy) is 1. The molecule has 0 heterocycles. The van der Waals surface area contributed by atoms with Crippen molar-refractivity contribution in [3.8, 4) is 0 Å². The number of halogens is 1. The highest BCUT2D eigenvalue weighted by molar-refractivity contribution is 14.1. The smallest absolute Gasteiger partial charge is 0.339 e. The fourth-order valence-corrected chi connectivity index (χ4v) is 3.40. The molecule has 0 aliphatic carbocycles. The van der Waals surface area contributed by atoms with Gasteiger partial charge in [-0.3, -0.25) is 4.18 Å². The third-order valence-corrected chi connectivity index (χ3v) is 5.26. The Kier molecular flexibility index (Phi) is 5.54. The molecule has 0 bridgehead atoms. The fraction of sp³-hybridized carbons (Fsp3) is 0.133. The van der Waals surface area contributed by atoms with Crippen LogP contribution in [-0.2, 0) is 25.6 Å². The molecule has 0 N–H and O–H groups in total. The van der Waals surface area contributed by atoms with Crippen LogP contribution in [0.2, 0.25) is 0 Å². The molecule has 0 saturated carbocycles. The van der Waals surface area contributed by atoms with Crippen molar-refractivity contribution in [3.63, 3.8) is 0 Å². The lowest BCUT2D eigenvalue weighted by molar-refractivity contribution is 0.0595. The highest BCUT2D eigenvalue weighted by Gasteiger charge is 2.23. The van der Waals surface area contributed by atoms with Gasteiger partial charge < -0.3 is 4.74 Å². The van der Waals surface area contributed by atoms with E-state index in [0.717, 1.165) is 9.13 Å². The normalized spacial score (nSPS) is 11.2. The molecular weight excluding hydrogens is 419 g/mol. The van der Waals surface area contributed by atoms with Crippen LogP contribution in [0.25, 0.3) is 0 Å². The Bertz CT molecular complexity index is 786. The van der Waals surface area contributed by atoms with E-state index in [9.17, 15) is 13.2 Å². The molecule has 2 rings (SSSR count). The van der Waals surface area contributed by atoms with Crippen molar-refractivity contribution >= 4 is 38.7 Å². The Morgan fingerprint density at radius 2 is 1.73 bits per heavy atom. The molecule has 0 spiro atoms. The summed E-state index contributed by atoms with van der Waals surface area (Å²) in [5.41, 5.74) is 0.704. The number of rotatable bonds is 5. The number of carbonyl (C=O) groups excluding carboxylic acids is 1. The average Bonchev–Trinajstić information content (AvgIpc) is 2.53. The van der Waals surface area contributed by atoms with Crippen LogP contribution in [0.4, 0.5) is 0 Å². The monoisotopic (exact) mass is 432 g/mol. The van der Waals surface area contributed by atoms with Gasteiger partial charge in [-0.1, -0.05) is 30.3 Å². The molecule has 0 fully saturated rings. The zero-order valence-electron chi connectivity index (χ0n) is 11.7. The number of methoxy groups -OCH3 is 1. The van der Waals surface area contributed by atoms with Crippen molar-refractivity contribution in [3.05, 3.63) is 63.2 Å². The summed E-state index contributed by atoms with van der Waals surface area (Å²) < 4.78 is 35.2. The number of carbonyl (C=O) groups is 1. The maximum absolute atomic E-state index is 12.3. The first-order chi connectivity index (χ1) is 10.5. The molecule has 0 atom stereocenters. The Morgan fingerprint density at radius 3 is 2.41 bits per heavy atom. The van der Waals surface area contributed by atoms with E-state index < -0.39 is 16.1 Å². The van der Waals surface area contributed by atoms with Gasteiger partial charge in [0, 0.05) is 3.57 Å². The molecule has 0 radical (unpaired) electrons. The molecule has 22 heavy (non-hydrogen) atoms. The second-order valence-electron chi connectivity index (χ2n) is 4.30. The Balaban J connectivity index is 2.28. The Hall–Kier alpha value is -1.45. The van der Waals surface area contributed by atoms with Gasteiger partial charge in [0.15, 0.2) is 0 Å². The standard InChI is InChI=1S/C15H13IO5S/c1-20-15(17)12-7-3-5-9-14(12)22(18,19)21-10-11-6-2-4-8-13(11)16/h2-9H,10H2,1H3. The minimum atomic E-state index is -4.07. The molecule has 0 aliphatic heterocycles. The van der Waals surface area contributed by atoms with E-state index in [-0.39, 0.29) is 17.1 Å². The second kappa shape index (κ2) is 7.21. The van der Waals surface area contributed by atoms with Crippen molar-refractivity contribution in [1.82, 2.24) is 0 Å². The van der Waals surface area contributed by atoms with Crippen LogP contribution in [0.15, 0.2) is 53.4 Å². The lowest BCUT2D eigenvalue weighted by Crippen LogP contribution is -2.13. The molecule has 2 aromatic rings. The van der Waals surface area contributed by atoms with Crippen LogP contribution in [-0.4, -0.2) is 21.5 Å². The number of hydrogen-bond donors (Lipinski definition) is 0. The lowest BCUT2D eigenvalue weighted by atomic mass is 10.2. The molecule has 0 saturated heterocycles.